The highest BCUT2D eigenvalue weighted by Crippen LogP contribution is 2.07. The van der Waals surface area contributed by atoms with E-state index in [0.29, 0.717) is 6.42 Å². The van der Waals surface area contributed by atoms with E-state index >= 15 is 0 Å². The van der Waals surface area contributed by atoms with Crippen molar-refractivity contribution in [3.05, 3.63) is 0 Å². The van der Waals surface area contributed by atoms with Crippen molar-refractivity contribution in [3.8, 4) is 0 Å². The topological polar surface area (TPSA) is 93.7 Å². The van der Waals surface area contributed by atoms with Gasteiger partial charge in [0.1, 0.15) is 5.60 Å². The van der Waals surface area contributed by atoms with Gasteiger partial charge in [-0.25, -0.2) is 9.59 Å². The molecule has 0 spiro atoms. The standard InChI is InChI=1S/C12H22N2O5/c1-6-8(7-13-9(15)10(16)18-5)14-11(17)19-12(2,3)4/h8H,6-7H2,1-5H3,(H,13,15)(H,14,17). The molecule has 0 saturated carbocycles. The smallest absolute Gasteiger partial charge is 0.407 e. The van der Waals surface area contributed by atoms with Crippen LogP contribution in [0.2, 0.25) is 0 Å². The van der Waals surface area contributed by atoms with Crippen molar-refractivity contribution in [2.45, 2.75) is 45.8 Å². The van der Waals surface area contributed by atoms with Crippen LogP contribution >= 0.6 is 0 Å². The van der Waals surface area contributed by atoms with Crippen LogP contribution in [0.25, 0.3) is 0 Å². The van der Waals surface area contributed by atoms with Crippen molar-refractivity contribution in [2.24, 2.45) is 0 Å². The van der Waals surface area contributed by atoms with Gasteiger partial charge in [0.2, 0.25) is 0 Å². The second-order valence-corrected chi connectivity index (χ2v) is 4.95. The van der Waals surface area contributed by atoms with Gasteiger partial charge in [0, 0.05) is 12.6 Å². The first kappa shape index (κ1) is 17.2. The fourth-order valence-electron chi connectivity index (χ4n) is 1.15. The van der Waals surface area contributed by atoms with Crippen molar-refractivity contribution in [3.63, 3.8) is 0 Å². The predicted octanol–water partition coefficient (Wildman–Crippen LogP) is 0.579. The highest BCUT2D eigenvalue weighted by Gasteiger charge is 2.20. The molecule has 0 aliphatic rings. The van der Waals surface area contributed by atoms with Crippen LogP contribution in [0.15, 0.2) is 0 Å². The van der Waals surface area contributed by atoms with Crippen molar-refractivity contribution >= 4 is 18.0 Å². The lowest BCUT2D eigenvalue weighted by Gasteiger charge is -2.23. The Balaban J connectivity index is 4.19. The Morgan fingerprint density at radius 1 is 1.21 bits per heavy atom. The Hall–Kier alpha value is -1.79. The lowest BCUT2D eigenvalue weighted by molar-refractivity contribution is -0.152. The predicted molar refractivity (Wildman–Crippen MR) is 68.5 cm³/mol. The number of amides is 2. The molecule has 0 aliphatic carbocycles. The average molecular weight is 274 g/mol. The van der Waals surface area contributed by atoms with Gasteiger partial charge in [0.15, 0.2) is 0 Å². The fourth-order valence-corrected chi connectivity index (χ4v) is 1.15. The van der Waals surface area contributed by atoms with E-state index in [1.54, 1.807) is 20.8 Å². The minimum absolute atomic E-state index is 0.129. The molecule has 0 saturated heterocycles. The van der Waals surface area contributed by atoms with Crippen LogP contribution in [0.5, 0.6) is 0 Å². The third-order valence-corrected chi connectivity index (χ3v) is 2.09. The SMILES string of the molecule is CCC(CNC(=O)C(=O)OC)NC(=O)OC(C)(C)C. The van der Waals surface area contributed by atoms with E-state index in [4.69, 9.17) is 4.74 Å². The molecule has 0 aromatic carbocycles. The molecule has 110 valence electrons. The van der Waals surface area contributed by atoms with Crippen LogP contribution in [0.3, 0.4) is 0 Å². The van der Waals surface area contributed by atoms with Crippen molar-refractivity contribution < 1.29 is 23.9 Å². The maximum atomic E-state index is 11.5. The number of carbonyl (C=O) groups excluding carboxylic acids is 3. The van der Waals surface area contributed by atoms with Gasteiger partial charge in [-0.3, -0.25) is 4.79 Å². The molecule has 2 N–H and O–H groups in total. The summed E-state index contributed by atoms with van der Waals surface area (Å²) >= 11 is 0. The first-order chi connectivity index (χ1) is 8.69. The number of alkyl carbamates (subject to hydrolysis) is 1. The number of ether oxygens (including phenoxy) is 2. The Bertz CT molecular complexity index is 336. The molecular weight excluding hydrogens is 252 g/mol. The molecule has 0 radical (unpaired) electrons. The molecule has 0 aliphatic heterocycles. The Morgan fingerprint density at radius 3 is 2.21 bits per heavy atom. The van der Waals surface area contributed by atoms with Gasteiger partial charge in [0.05, 0.1) is 7.11 Å². The van der Waals surface area contributed by atoms with Gasteiger partial charge in [-0.05, 0) is 27.2 Å². The third kappa shape index (κ3) is 8.01. The van der Waals surface area contributed by atoms with Crippen LogP contribution in [-0.4, -0.2) is 43.3 Å². The quantitative estimate of drug-likeness (QED) is 0.577. The van der Waals surface area contributed by atoms with Crippen molar-refractivity contribution in [1.82, 2.24) is 10.6 Å². The van der Waals surface area contributed by atoms with E-state index in [0.717, 1.165) is 7.11 Å². The molecule has 19 heavy (non-hydrogen) atoms. The summed E-state index contributed by atoms with van der Waals surface area (Å²) < 4.78 is 9.35. The summed E-state index contributed by atoms with van der Waals surface area (Å²) in [5, 5.41) is 4.98. The summed E-state index contributed by atoms with van der Waals surface area (Å²) in [7, 11) is 1.12. The van der Waals surface area contributed by atoms with Crippen LogP contribution in [0.1, 0.15) is 34.1 Å². The van der Waals surface area contributed by atoms with E-state index in [1.807, 2.05) is 6.92 Å². The Labute approximate surface area is 113 Å². The maximum absolute atomic E-state index is 11.5. The number of nitrogens with one attached hydrogen (secondary N) is 2. The van der Waals surface area contributed by atoms with E-state index in [2.05, 4.69) is 15.4 Å². The second-order valence-electron chi connectivity index (χ2n) is 4.95. The zero-order valence-corrected chi connectivity index (χ0v) is 12.0. The van der Waals surface area contributed by atoms with Crippen LogP contribution in [-0.2, 0) is 19.1 Å². The summed E-state index contributed by atoms with van der Waals surface area (Å²) in [6.45, 7) is 7.24. The van der Waals surface area contributed by atoms with Crippen LogP contribution < -0.4 is 10.6 Å². The fraction of sp³-hybridized carbons (Fsp3) is 0.750. The molecular formula is C12H22N2O5. The summed E-state index contributed by atoms with van der Waals surface area (Å²) in [6, 6.07) is -0.316. The second kappa shape index (κ2) is 7.60. The van der Waals surface area contributed by atoms with Gasteiger partial charge in [-0.2, -0.15) is 0 Å². The van der Waals surface area contributed by atoms with E-state index in [1.165, 1.54) is 0 Å². The number of esters is 1. The van der Waals surface area contributed by atoms with Gasteiger partial charge in [0.25, 0.3) is 0 Å². The van der Waals surface area contributed by atoms with Gasteiger partial charge in [-0.15, -0.1) is 0 Å². The molecule has 0 rings (SSSR count). The number of hydrogen-bond acceptors (Lipinski definition) is 5. The molecule has 0 heterocycles. The van der Waals surface area contributed by atoms with Crippen LogP contribution in [0, 0.1) is 0 Å². The molecule has 1 atom stereocenters. The van der Waals surface area contributed by atoms with Crippen molar-refractivity contribution in [2.75, 3.05) is 13.7 Å². The molecule has 0 aromatic heterocycles. The molecule has 0 aromatic rings. The molecule has 7 nitrogen and oxygen atoms in total. The van der Waals surface area contributed by atoms with E-state index in [9.17, 15) is 14.4 Å². The van der Waals surface area contributed by atoms with Gasteiger partial charge < -0.3 is 20.1 Å². The molecule has 0 bridgehead atoms. The minimum atomic E-state index is -0.966. The molecule has 1 unspecified atom stereocenters. The highest BCUT2D eigenvalue weighted by atomic mass is 16.6. The Kier molecular flexibility index (Phi) is 6.89. The highest BCUT2D eigenvalue weighted by molar-refractivity contribution is 6.32. The lowest BCUT2D eigenvalue weighted by Crippen LogP contribution is -2.46. The molecule has 7 heteroatoms. The largest absolute Gasteiger partial charge is 0.462 e. The third-order valence-electron chi connectivity index (χ3n) is 2.09. The first-order valence-electron chi connectivity index (χ1n) is 6.05. The number of hydrogen-bond donors (Lipinski definition) is 2. The molecule has 2 amide bonds. The summed E-state index contributed by atoms with van der Waals surface area (Å²) in [6.07, 6.45) is 0.0208. The maximum Gasteiger partial charge on any atom is 0.407 e. The van der Waals surface area contributed by atoms with Gasteiger partial charge >= 0.3 is 18.0 Å². The zero-order chi connectivity index (χ0) is 15.1. The summed E-state index contributed by atoms with van der Waals surface area (Å²) in [5.41, 5.74) is -0.586. The zero-order valence-electron chi connectivity index (χ0n) is 12.0. The summed E-state index contributed by atoms with van der Waals surface area (Å²) in [4.78, 5) is 33.6. The first-order valence-corrected chi connectivity index (χ1v) is 6.05. The Morgan fingerprint density at radius 2 is 1.79 bits per heavy atom. The lowest BCUT2D eigenvalue weighted by atomic mass is 10.2. The average Bonchev–Trinajstić information content (AvgIpc) is 2.30. The van der Waals surface area contributed by atoms with Crippen LogP contribution in [0.4, 0.5) is 4.79 Å². The number of rotatable bonds is 4. The number of methoxy groups -OCH3 is 1. The van der Waals surface area contributed by atoms with E-state index < -0.39 is 23.6 Å². The normalized spacial score (nSPS) is 12.3. The molecule has 0 fully saturated rings. The summed E-state index contributed by atoms with van der Waals surface area (Å²) in [5.74, 6) is -1.81. The monoisotopic (exact) mass is 274 g/mol. The van der Waals surface area contributed by atoms with Crippen molar-refractivity contribution in [1.29, 1.82) is 0 Å². The number of carbonyl (C=O) groups is 3. The van der Waals surface area contributed by atoms with E-state index in [-0.39, 0.29) is 12.6 Å². The minimum Gasteiger partial charge on any atom is -0.462 e. The van der Waals surface area contributed by atoms with Gasteiger partial charge in [-0.1, -0.05) is 6.92 Å².